The molecule has 0 aliphatic rings. The lowest BCUT2D eigenvalue weighted by Crippen LogP contribution is -2.32. The molecule has 3 heteroatoms. The lowest BCUT2D eigenvalue weighted by Gasteiger charge is -2.28. The molecule has 0 saturated carbocycles. The Labute approximate surface area is 102 Å². The molecule has 1 atom stereocenters. The van der Waals surface area contributed by atoms with Gasteiger partial charge in [-0.1, -0.05) is 29.3 Å². The summed E-state index contributed by atoms with van der Waals surface area (Å²) in [6.45, 7) is 7.30. The summed E-state index contributed by atoms with van der Waals surface area (Å²) in [6.07, 6.45) is -0.867. The number of carbonyl (C=O) groups excluding carboxylic acids is 1. The molecular weight excluding hydrogens is 216 g/mol. The van der Waals surface area contributed by atoms with E-state index in [1.54, 1.807) is 13.8 Å². The second kappa shape index (κ2) is 4.88. The van der Waals surface area contributed by atoms with E-state index in [1.807, 2.05) is 32.0 Å². The fourth-order valence-electron chi connectivity index (χ4n) is 1.96. The second-order valence-electron chi connectivity index (χ2n) is 5.04. The van der Waals surface area contributed by atoms with E-state index in [9.17, 15) is 9.90 Å². The maximum Gasteiger partial charge on any atom is 0.314 e. The Balaban J connectivity index is 3.11. The number of aliphatic hydroxyl groups excluding tert-OH is 1. The number of methoxy groups -OCH3 is 1. The molecule has 1 aromatic carbocycles. The second-order valence-corrected chi connectivity index (χ2v) is 5.04. The van der Waals surface area contributed by atoms with Crippen LogP contribution >= 0.6 is 0 Å². The molecular formula is C14H20O3. The summed E-state index contributed by atoms with van der Waals surface area (Å²) < 4.78 is 4.72. The lowest BCUT2D eigenvalue weighted by molar-refractivity contribution is -0.157. The van der Waals surface area contributed by atoms with Crippen LogP contribution in [0.15, 0.2) is 18.2 Å². The van der Waals surface area contributed by atoms with Gasteiger partial charge in [0.15, 0.2) is 0 Å². The van der Waals surface area contributed by atoms with Crippen LogP contribution in [0.2, 0.25) is 0 Å². The van der Waals surface area contributed by atoms with E-state index in [1.165, 1.54) is 7.11 Å². The summed E-state index contributed by atoms with van der Waals surface area (Å²) in [7, 11) is 1.33. The van der Waals surface area contributed by atoms with E-state index in [-0.39, 0.29) is 0 Å². The van der Waals surface area contributed by atoms with Gasteiger partial charge in [0, 0.05) is 0 Å². The standard InChI is InChI=1S/C14H20O3/c1-9-6-10(2)8-11(7-9)12(15)14(3,4)13(16)17-5/h6-8,12,15H,1-5H3/t12-/m0/s1. The molecule has 3 nitrogen and oxygen atoms in total. The van der Waals surface area contributed by atoms with Gasteiger partial charge in [0.1, 0.15) is 0 Å². The molecule has 0 fully saturated rings. The fraction of sp³-hybridized carbons (Fsp3) is 0.500. The van der Waals surface area contributed by atoms with Gasteiger partial charge < -0.3 is 9.84 Å². The number of hydrogen-bond donors (Lipinski definition) is 1. The van der Waals surface area contributed by atoms with Crippen LogP contribution in [0.1, 0.15) is 36.6 Å². The maximum atomic E-state index is 11.6. The van der Waals surface area contributed by atoms with Gasteiger partial charge in [-0.25, -0.2) is 0 Å². The third-order valence-corrected chi connectivity index (χ3v) is 2.95. The van der Waals surface area contributed by atoms with Gasteiger partial charge in [-0.05, 0) is 33.3 Å². The Morgan fingerprint density at radius 2 is 1.71 bits per heavy atom. The number of esters is 1. The average molecular weight is 236 g/mol. The normalized spacial score (nSPS) is 13.3. The highest BCUT2D eigenvalue weighted by molar-refractivity contribution is 5.76. The number of hydrogen-bond acceptors (Lipinski definition) is 3. The molecule has 0 saturated heterocycles. The Kier molecular flexibility index (Phi) is 3.94. The van der Waals surface area contributed by atoms with Gasteiger partial charge >= 0.3 is 5.97 Å². The minimum Gasteiger partial charge on any atom is -0.469 e. The van der Waals surface area contributed by atoms with Crippen molar-refractivity contribution in [1.29, 1.82) is 0 Å². The zero-order chi connectivity index (χ0) is 13.2. The van der Waals surface area contributed by atoms with Gasteiger partial charge in [-0.15, -0.1) is 0 Å². The predicted octanol–water partition coefficient (Wildman–Crippen LogP) is 2.54. The first-order valence-electron chi connectivity index (χ1n) is 5.63. The predicted molar refractivity (Wildman–Crippen MR) is 66.7 cm³/mol. The van der Waals surface area contributed by atoms with Gasteiger partial charge in [-0.3, -0.25) is 4.79 Å². The lowest BCUT2D eigenvalue weighted by atomic mass is 9.82. The molecule has 0 aliphatic carbocycles. The molecule has 0 unspecified atom stereocenters. The van der Waals surface area contributed by atoms with Crippen LogP contribution in [-0.4, -0.2) is 18.2 Å². The number of rotatable bonds is 3. The molecule has 0 spiro atoms. The maximum absolute atomic E-state index is 11.6. The minimum atomic E-state index is -0.949. The van der Waals surface area contributed by atoms with Crippen LogP contribution in [0.25, 0.3) is 0 Å². The number of aryl methyl sites for hydroxylation is 2. The van der Waals surface area contributed by atoms with Gasteiger partial charge in [0.2, 0.25) is 0 Å². The molecule has 17 heavy (non-hydrogen) atoms. The van der Waals surface area contributed by atoms with Crippen LogP contribution in [0.4, 0.5) is 0 Å². The van der Waals surface area contributed by atoms with E-state index in [4.69, 9.17) is 4.74 Å². The van der Waals surface area contributed by atoms with Crippen LogP contribution in [0.3, 0.4) is 0 Å². The topological polar surface area (TPSA) is 46.5 Å². The number of carbonyl (C=O) groups is 1. The highest BCUT2D eigenvalue weighted by Crippen LogP contribution is 2.35. The smallest absolute Gasteiger partial charge is 0.314 e. The summed E-state index contributed by atoms with van der Waals surface area (Å²) in [5.74, 6) is -0.413. The highest BCUT2D eigenvalue weighted by atomic mass is 16.5. The zero-order valence-electron chi connectivity index (χ0n) is 11.1. The SMILES string of the molecule is COC(=O)C(C)(C)[C@@H](O)c1cc(C)cc(C)c1. The molecule has 94 valence electrons. The van der Waals surface area contributed by atoms with Crippen LogP contribution in [-0.2, 0) is 9.53 Å². The van der Waals surface area contributed by atoms with Crippen molar-refractivity contribution in [3.8, 4) is 0 Å². The molecule has 1 rings (SSSR count). The number of aliphatic hydroxyl groups is 1. The third-order valence-electron chi connectivity index (χ3n) is 2.95. The first-order chi connectivity index (χ1) is 7.78. The van der Waals surface area contributed by atoms with Crippen molar-refractivity contribution in [2.24, 2.45) is 5.41 Å². The van der Waals surface area contributed by atoms with Crippen molar-refractivity contribution in [2.75, 3.05) is 7.11 Å². The molecule has 0 amide bonds. The number of benzene rings is 1. The molecule has 0 aliphatic heterocycles. The molecule has 0 bridgehead atoms. The van der Waals surface area contributed by atoms with Gasteiger partial charge in [0.25, 0.3) is 0 Å². The van der Waals surface area contributed by atoms with E-state index in [0.717, 1.165) is 16.7 Å². The monoisotopic (exact) mass is 236 g/mol. The van der Waals surface area contributed by atoms with Crippen LogP contribution in [0.5, 0.6) is 0 Å². The van der Waals surface area contributed by atoms with Crippen LogP contribution < -0.4 is 0 Å². The third kappa shape index (κ3) is 2.86. The van der Waals surface area contributed by atoms with Crippen molar-refractivity contribution in [1.82, 2.24) is 0 Å². The Morgan fingerprint density at radius 3 is 2.12 bits per heavy atom. The Morgan fingerprint density at radius 1 is 1.24 bits per heavy atom. The number of ether oxygens (including phenoxy) is 1. The average Bonchev–Trinajstić information content (AvgIpc) is 2.25. The first-order valence-corrected chi connectivity index (χ1v) is 5.63. The molecule has 1 aromatic rings. The quantitative estimate of drug-likeness (QED) is 0.820. The molecule has 0 radical (unpaired) electrons. The Bertz CT molecular complexity index is 401. The van der Waals surface area contributed by atoms with Gasteiger partial charge in [0.05, 0.1) is 18.6 Å². The molecule has 1 N–H and O–H groups in total. The first kappa shape index (κ1) is 13.7. The molecule has 0 aromatic heterocycles. The summed E-state index contributed by atoms with van der Waals surface area (Å²) in [6, 6.07) is 5.81. The van der Waals surface area contributed by atoms with E-state index < -0.39 is 17.5 Å². The summed E-state index contributed by atoms with van der Waals surface area (Å²) in [5, 5.41) is 10.3. The van der Waals surface area contributed by atoms with Crippen molar-refractivity contribution >= 4 is 5.97 Å². The fourth-order valence-corrected chi connectivity index (χ4v) is 1.96. The summed E-state index contributed by atoms with van der Waals surface area (Å²) >= 11 is 0. The summed E-state index contributed by atoms with van der Waals surface area (Å²) in [4.78, 5) is 11.6. The van der Waals surface area contributed by atoms with Gasteiger partial charge in [-0.2, -0.15) is 0 Å². The minimum absolute atomic E-state index is 0.413. The van der Waals surface area contributed by atoms with E-state index in [0.29, 0.717) is 0 Å². The molecule has 0 heterocycles. The van der Waals surface area contributed by atoms with Crippen molar-refractivity contribution in [2.45, 2.75) is 33.8 Å². The van der Waals surface area contributed by atoms with Crippen molar-refractivity contribution in [3.63, 3.8) is 0 Å². The van der Waals surface area contributed by atoms with Crippen molar-refractivity contribution in [3.05, 3.63) is 34.9 Å². The zero-order valence-corrected chi connectivity index (χ0v) is 11.1. The van der Waals surface area contributed by atoms with E-state index >= 15 is 0 Å². The largest absolute Gasteiger partial charge is 0.469 e. The Hall–Kier alpha value is -1.35. The van der Waals surface area contributed by atoms with Crippen molar-refractivity contribution < 1.29 is 14.6 Å². The van der Waals surface area contributed by atoms with E-state index in [2.05, 4.69) is 0 Å². The van der Waals surface area contributed by atoms with Crippen LogP contribution in [0, 0.1) is 19.3 Å². The summed E-state index contributed by atoms with van der Waals surface area (Å²) in [5.41, 5.74) is 1.94. The highest BCUT2D eigenvalue weighted by Gasteiger charge is 2.37.